The van der Waals surface area contributed by atoms with Crippen LogP contribution in [0.3, 0.4) is 0 Å². The van der Waals surface area contributed by atoms with E-state index in [0.717, 1.165) is 67.9 Å². The summed E-state index contributed by atoms with van der Waals surface area (Å²) in [6, 6.07) is 23.1. The Labute approximate surface area is 304 Å². The Morgan fingerprint density at radius 3 is 2.33 bits per heavy atom. The Morgan fingerprint density at radius 2 is 1.65 bits per heavy atom. The SMILES string of the molecule is CCN(CC)CCCCCC(c1ccccc1)N1CCN(C(=O)[C@@H](Cc2ccc(C)cc2)NC(=O)[C@H]2Cc3ccc(F)cc3CN2C2CN2)CC1. The number of carbonyl (C=O) groups is 2. The molecular weight excluding hydrogens is 640 g/mol. The van der Waals surface area contributed by atoms with Crippen LogP contribution in [-0.4, -0.2) is 102 Å². The molecule has 0 saturated carbocycles. The number of nitrogens with one attached hydrogen (secondary N) is 2. The molecule has 3 heterocycles. The van der Waals surface area contributed by atoms with E-state index in [1.165, 1.54) is 30.9 Å². The summed E-state index contributed by atoms with van der Waals surface area (Å²) in [4.78, 5) is 37.6. The van der Waals surface area contributed by atoms with Crippen LogP contribution in [-0.2, 0) is 29.0 Å². The maximum atomic E-state index is 14.4. The predicted octanol–water partition coefficient (Wildman–Crippen LogP) is 5.31. The van der Waals surface area contributed by atoms with E-state index in [2.05, 4.69) is 101 Å². The number of hydrogen-bond donors (Lipinski definition) is 2. The van der Waals surface area contributed by atoms with Crippen molar-refractivity contribution >= 4 is 11.8 Å². The zero-order chi connectivity index (χ0) is 35.7. The van der Waals surface area contributed by atoms with Crippen LogP contribution in [0.1, 0.15) is 73.4 Å². The van der Waals surface area contributed by atoms with Crippen LogP contribution >= 0.6 is 0 Å². The van der Waals surface area contributed by atoms with Crippen molar-refractivity contribution in [2.45, 2.75) is 90.1 Å². The third-order valence-electron chi connectivity index (χ3n) is 11.2. The molecule has 2 amide bonds. The number of nitrogens with zero attached hydrogens (tertiary/aromatic N) is 4. The predicted molar refractivity (Wildman–Crippen MR) is 202 cm³/mol. The topological polar surface area (TPSA) is 81.1 Å². The molecule has 6 rings (SSSR count). The fraction of sp³-hybridized carbons (Fsp3) is 0.524. The molecule has 4 atom stereocenters. The first-order valence-electron chi connectivity index (χ1n) is 19.3. The molecule has 3 aliphatic rings. The second kappa shape index (κ2) is 17.7. The molecule has 2 unspecified atom stereocenters. The molecule has 2 saturated heterocycles. The first-order valence-corrected chi connectivity index (χ1v) is 19.3. The van der Waals surface area contributed by atoms with Gasteiger partial charge in [0.1, 0.15) is 11.9 Å². The highest BCUT2D eigenvalue weighted by molar-refractivity contribution is 5.90. The van der Waals surface area contributed by atoms with Crippen molar-refractivity contribution in [1.29, 1.82) is 0 Å². The van der Waals surface area contributed by atoms with E-state index in [9.17, 15) is 14.0 Å². The van der Waals surface area contributed by atoms with E-state index in [-0.39, 0.29) is 23.8 Å². The van der Waals surface area contributed by atoms with Gasteiger partial charge in [0.2, 0.25) is 11.8 Å². The van der Waals surface area contributed by atoms with Gasteiger partial charge in [-0.15, -0.1) is 0 Å². The van der Waals surface area contributed by atoms with Gasteiger partial charge in [-0.1, -0.05) is 92.9 Å². The summed E-state index contributed by atoms with van der Waals surface area (Å²) in [7, 11) is 0. The van der Waals surface area contributed by atoms with Gasteiger partial charge >= 0.3 is 0 Å². The van der Waals surface area contributed by atoms with Gasteiger partial charge in [-0.25, -0.2) is 4.39 Å². The number of piperazine rings is 1. The summed E-state index contributed by atoms with van der Waals surface area (Å²) < 4.78 is 14.1. The Bertz CT molecular complexity index is 1570. The standard InChI is InChI=1S/C42H57FN6O2/c1-4-46(5-2)21-11-7-10-14-38(33-12-8-6-9-13-33)47-22-24-48(25-23-47)42(51)37(26-32-17-15-31(3)16-18-32)45-41(50)39-28-34-19-20-36(43)27-35(34)30-49(39)40-29-44-40/h6,8-9,12-13,15-20,27,37-40,44H,4-5,7,10-11,14,21-26,28-30H2,1-3H3,(H,45,50)/t37-,38?,39-,40?/m1/s1. The number of fused-ring (bicyclic) bond motifs is 1. The Balaban J connectivity index is 1.12. The molecule has 0 aromatic heterocycles. The van der Waals surface area contributed by atoms with Crippen LogP contribution in [0.15, 0.2) is 72.8 Å². The fourth-order valence-electron chi connectivity index (χ4n) is 7.96. The molecule has 3 aliphatic heterocycles. The van der Waals surface area contributed by atoms with E-state index in [1.807, 2.05) is 4.90 Å². The highest BCUT2D eigenvalue weighted by atomic mass is 19.1. The van der Waals surface area contributed by atoms with Gasteiger partial charge in [0.15, 0.2) is 0 Å². The second-order valence-electron chi connectivity index (χ2n) is 14.6. The number of amides is 2. The number of rotatable bonds is 16. The Kier molecular flexibility index (Phi) is 12.9. The smallest absolute Gasteiger partial charge is 0.245 e. The van der Waals surface area contributed by atoms with E-state index >= 15 is 0 Å². The van der Waals surface area contributed by atoms with Crippen molar-refractivity contribution in [3.63, 3.8) is 0 Å². The summed E-state index contributed by atoms with van der Waals surface area (Å²) in [5, 5.41) is 6.56. The fourth-order valence-corrected chi connectivity index (χ4v) is 7.96. The van der Waals surface area contributed by atoms with Gasteiger partial charge in [-0.05, 0) is 80.2 Å². The van der Waals surface area contributed by atoms with Crippen LogP contribution in [0.4, 0.5) is 4.39 Å². The van der Waals surface area contributed by atoms with Crippen LogP contribution in [0.2, 0.25) is 0 Å². The number of halogens is 1. The van der Waals surface area contributed by atoms with E-state index in [1.54, 1.807) is 12.1 Å². The van der Waals surface area contributed by atoms with E-state index in [0.29, 0.717) is 38.5 Å². The molecule has 51 heavy (non-hydrogen) atoms. The van der Waals surface area contributed by atoms with Crippen LogP contribution in [0, 0.1) is 12.7 Å². The maximum absolute atomic E-state index is 14.4. The van der Waals surface area contributed by atoms with Crippen molar-refractivity contribution in [1.82, 2.24) is 30.2 Å². The average molecular weight is 697 g/mol. The van der Waals surface area contributed by atoms with Crippen molar-refractivity contribution in [2.75, 3.05) is 52.4 Å². The van der Waals surface area contributed by atoms with Crippen LogP contribution in [0.5, 0.6) is 0 Å². The summed E-state index contributed by atoms with van der Waals surface area (Å²) >= 11 is 0. The molecule has 0 bridgehead atoms. The summed E-state index contributed by atoms with van der Waals surface area (Å²) in [5.74, 6) is -0.427. The van der Waals surface area contributed by atoms with E-state index < -0.39 is 12.1 Å². The second-order valence-corrected chi connectivity index (χ2v) is 14.6. The van der Waals surface area contributed by atoms with Crippen molar-refractivity contribution in [3.8, 4) is 0 Å². The number of benzene rings is 3. The van der Waals surface area contributed by atoms with Gasteiger partial charge in [-0.2, -0.15) is 0 Å². The Morgan fingerprint density at radius 1 is 0.922 bits per heavy atom. The third-order valence-corrected chi connectivity index (χ3v) is 11.2. The molecule has 0 spiro atoms. The summed E-state index contributed by atoms with van der Waals surface area (Å²) in [6.45, 7) is 14.0. The Hall–Kier alpha value is -3.63. The van der Waals surface area contributed by atoms with Crippen molar-refractivity contribution in [2.24, 2.45) is 0 Å². The van der Waals surface area contributed by atoms with Crippen molar-refractivity contribution < 1.29 is 14.0 Å². The molecule has 2 N–H and O–H groups in total. The normalized spacial score (nSPS) is 20.5. The highest BCUT2D eigenvalue weighted by Crippen LogP contribution is 2.30. The minimum absolute atomic E-state index is 0.0226. The highest BCUT2D eigenvalue weighted by Gasteiger charge is 2.41. The molecule has 274 valence electrons. The van der Waals surface area contributed by atoms with E-state index in [4.69, 9.17) is 0 Å². The zero-order valence-corrected chi connectivity index (χ0v) is 30.8. The number of carbonyl (C=O) groups excluding carboxylic acids is 2. The number of aryl methyl sites for hydroxylation is 1. The lowest BCUT2D eigenvalue weighted by Crippen LogP contribution is -2.59. The van der Waals surface area contributed by atoms with Gasteiger partial charge in [0.05, 0.1) is 12.2 Å². The molecule has 0 aliphatic carbocycles. The zero-order valence-electron chi connectivity index (χ0n) is 30.8. The molecule has 0 radical (unpaired) electrons. The molecule has 3 aromatic carbocycles. The largest absolute Gasteiger partial charge is 0.343 e. The third kappa shape index (κ3) is 9.83. The molecule has 9 heteroatoms. The minimum Gasteiger partial charge on any atom is -0.343 e. The lowest BCUT2D eigenvalue weighted by Gasteiger charge is -2.41. The van der Waals surface area contributed by atoms with Gasteiger partial charge in [0.25, 0.3) is 0 Å². The lowest BCUT2D eigenvalue weighted by molar-refractivity contribution is -0.139. The van der Waals surface area contributed by atoms with Crippen LogP contribution < -0.4 is 10.6 Å². The van der Waals surface area contributed by atoms with Gasteiger partial charge in [-0.3, -0.25) is 24.7 Å². The van der Waals surface area contributed by atoms with Gasteiger partial charge in [0, 0.05) is 51.7 Å². The average Bonchev–Trinajstić information content (AvgIpc) is 4.01. The van der Waals surface area contributed by atoms with Crippen LogP contribution in [0.25, 0.3) is 0 Å². The molecule has 3 aromatic rings. The minimum atomic E-state index is -0.675. The first-order chi connectivity index (χ1) is 24.8. The maximum Gasteiger partial charge on any atom is 0.245 e. The quantitative estimate of drug-likeness (QED) is 0.156. The first kappa shape index (κ1) is 37.1. The lowest BCUT2D eigenvalue weighted by atomic mass is 9.92. The summed E-state index contributed by atoms with van der Waals surface area (Å²) in [6.07, 6.45) is 5.72. The van der Waals surface area contributed by atoms with Gasteiger partial charge < -0.3 is 15.1 Å². The molecule has 8 nitrogen and oxygen atoms in total. The molecule has 2 fully saturated rings. The summed E-state index contributed by atoms with van der Waals surface area (Å²) in [5.41, 5.74) is 5.43. The number of hydrogen-bond acceptors (Lipinski definition) is 6. The molecular formula is C42H57FN6O2. The van der Waals surface area contributed by atoms with Crippen molar-refractivity contribution in [3.05, 3.63) is 106 Å². The monoisotopic (exact) mass is 696 g/mol. The number of unbranched alkanes of at least 4 members (excludes halogenated alkanes) is 2.